The molecule has 2 aromatic rings. The molecule has 0 aliphatic carbocycles. The van der Waals surface area contributed by atoms with Gasteiger partial charge in [0.15, 0.2) is 0 Å². The molecule has 1 amide bonds. The Morgan fingerprint density at radius 2 is 1.88 bits per heavy atom. The van der Waals surface area contributed by atoms with Gasteiger partial charge in [-0.1, -0.05) is 35.3 Å². The standard InChI is InChI=1S/C17H16Cl2FN3O/c1-11-10-22(15-5-3-2-4-14(15)20)6-7-23(11)17(24)16-12(18)8-21-9-13(16)19/h2-5,8-9,11H,6-7,10H2,1H3. The van der Waals surface area contributed by atoms with Crippen LogP contribution in [-0.4, -0.2) is 41.5 Å². The number of anilines is 1. The van der Waals surface area contributed by atoms with Crippen LogP contribution in [0.25, 0.3) is 0 Å². The Labute approximate surface area is 149 Å². The fourth-order valence-corrected chi connectivity index (χ4v) is 3.47. The van der Waals surface area contributed by atoms with Crippen molar-refractivity contribution in [2.75, 3.05) is 24.5 Å². The van der Waals surface area contributed by atoms with E-state index < -0.39 is 0 Å². The van der Waals surface area contributed by atoms with Crippen molar-refractivity contribution in [3.8, 4) is 0 Å². The summed E-state index contributed by atoms with van der Waals surface area (Å²) in [5.41, 5.74) is 0.816. The van der Waals surface area contributed by atoms with Crippen molar-refractivity contribution in [3.63, 3.8) is 0 Å². The Hall–Kier alpha value is -1.85. The first-order valence-corrected chi connectivity index (χ1v) is 8.34. The van der Waals surface area contributed by atoms with Gasteiger partial charge in [-0.05, 0) is 19.1 Å². The lowest BCUT2D eigenvalue weighted by Gasteiger charge is -2.41. The summed E-state index contributed by atoms with van der Waals surface area (Å²) in [6.07, 6.45) is 2.81. The molecule has 0 bridgehead atoms. The summed E-state index contributed by atoms with van der Waals surface area (Å²) in [5.74, 6) is -0.488. The zero-order valence-corrected chi connectivity index (χ0v) is 14.6. The predicted octanol–water partition coefficient (Wildman–Crippen LogP) is 3.88. The van der Waals surface area contributed by atoms with Crippen LogP contribution in [0, 0.1) is 5.82 Å². The predicted molar refractivity (Wildman–Crippen MR) is 93.4 cm³/mol. The topological polar surface area (TPSA) is 36.4 Å². The van der Waals surface area contributed by atoms with Crippen LogP contribution in [-0.2, 0) is 0 Å². The van der Waals surface area contributed by atoms with Crippen LogP contribution in [0.5, 0.6) is 0 Å². The third-order valence-corrected chi connectivity index (χ3v) is 4.72. The first-order valence-electron chi connectivity index (χ1n) is 7.58. The molecule has 4 nitrogen and oxygen atoms in total. The van der Waals surface area contributed by atoms with E-state index in [2.05, 4.69) is 4.98 Å². The SMILES string of the molecule is CC1CN(c2ccccc2F)CCN1C(=O)c1c(Cl)cncc1Cl. The van der Waals surface area contributed by atoms with Crippen molar-refractivity contribution in [2.24, 2.45) is 0 Å². The van der Waals surface area contributed by atoms with Crippen molar-refractivity contribution in [3.05, 3.63) is 58.1 Å². The van der Waals surface area contributed by atoms with Crippen LogP contribution in [0.15, 0.2) is 36.7 Å². The van der Waals surface area contributed by atoms with Gasteiger partial charge in [-0.25, -0.2) is 4.39 Å². The first kappa shape index (κ1) is 17.0. The van der Waals surface area contributed by atoms with E-state index >= 15 is 0 Å². The molecule has 0 saturated carbocycles. The maximum atomic E-state index is 14.0. The van der Waals surface area contributed by atoms with Crippen molar-refractivity contribution >= 4 is 34.8 Å². The molecule has 1 saturated heterocycles. The number of benzene rings is 1. The molecule has 0 N–H and O–H groups in total. The number of halogens is 3. The highest BCUT2D eigenvalue weighted by atomic mass is 35.5. The quantitative estimate of drug-likeness (QED) is 0.807. The maximum Gasteiger partial charge on any atom is 0.257 e. The summed E-state index contributed by atoms with van der Waals surface area (Å²) in [6.45, 7) is 3.46. The Bertz CT molecular complexity index is 751. The van der Waals surface area contributed by atoms with Gasteiger partial charge in [0.1, 0.15) is 5.82 Å². The molecule has 0 spiro atoms. The number of rotatable bonds is 2. The summed E-state index contributed by atoms with van der Waals surface area (Å²) in [7, 11) is 0. The Balaban J connectivity index is 1.79. The first-order chi connectivity index (χ1) is 11.5. The third-order valence-electron chi connectivity index (χ3n) is 4.15. The fraction of sp³-hybridized carbons (Fsp3) is 0.294. The maximum absolute atomic E-state index is 14.0. The van der Waals surface area contributed by atoms with Gasteiger partial charge in [0.2, 0.25) is 0 Å². The number of carbonyl (C=O) groups is 1. The van der Waals surface area contributed by atoms with Gasteiger partial charge in [-0.3, -0.25) is 9.78 Å². The highest BCUT2D eigenvalue weighted by Crippen LogP contribution is 2.27. The van der Waals surface area contributed by atoms with Gasteiger partial charge in [0.25, 0.3) is 5.91 Å². The number of pyridine rings is 1. The summed E-state index contributed by atoms with van der Waals surface area (Å²) in [4.78, 5) is 20.3. The minimum absolute atomic E-state index is 0.105. The third kappa shape index (κ3) is 3.19. The summed E-state index contributed by atoms with van der Waals surface area (Å²) in [5, 5.41) is 0.465. The molecule has 3 rings (SSSR count). The Morgan fingerprint density at radius 1 is 1.21 bits per heavy atom. The highest BCUT2D eigenvalue weighted by Gasteiger charge is 2.31. The van der Waals surface area contributed by atoms with E-state index in [1.165, 1.54) is 18.5 Å². The smallest absolute Gasteiger partial charge is 0.257 e. The van der Waals surface area contributed by atoms with Gasteiger partial charge >= 0.3 is 0 Å². The molecule has 1 aliphatic heterocycles. The Morgan fingerprint density at radius 3 is 2.50 bits per heavy atom. The van der Waals surface area contributed by atoms with Gasteiger partial charge < -0.3 is 9.80 Å². The average molecular weight is 368 g/mol. The van der Waals surface area contributed by atoms with E-state index in [0.717, 1.165) is 0 Å². The lowest BCUT2D eigenvalue weighted by Crippen LogP contribution is -2.54. The summed E-state index contributed by atoms with van der Waals surface area (Å²) >= 11 is 12.2. The minimum atomic E-state index is -0.260. The van der Waals surface area contributed by atoms with E-state index in [0.29, 0.717) is 25.3 Å². The van der Waals surface area contributed by atoms with Crippen molar-refractivity contribution in [1.82, 2.24) is 9.88 Å². The highest BCUT2D eigenvalue weighted by molar-refractivity contribution is 6.39. The van der Waals surface area contributed by atoms with E-state index in [9.17, 15) is 9.18 Å². The molecular formula is C17H16Cl2FN3O. The van der Waals surface area contributed by atoms with Crippen LogP contribution in [0.4, 0.5) is 10.1 Å². The summed E-state index contributed by atoms with van der Waals surface area (Å²) in [6, 6.07) is 6.54. The molecular weight excluding hydrogens is 352 g/mol. The number of amides is 1. The second-order valence-corrected chi connectivity index (χ2v) is 6.54. The number of para-hydroxylation sites is 1. The van der Waals surface area contributed by atoms with Gasteiger partial charge in [0.05, 0.1) is 21.3 Å². The lowest BCUT2D eigenvalue weighted by atomic mass is 10.1. The number of hydrogen-bond donors (Lipinski definition) is 0. The van der Waals surface area contributed by atoms with Crippen LogP contribution >= 0.6 is 23.2 Å². The molecule has 1 aliphatic rings. The second kappa shape index (κ2) is 6.95. The van der Waals surface area contributed by atoms with Crippen molar-refractivity contribution < 1.29 is 9.18 Å². The summed E-state index contributed by atoms with van der Waals surface area (Å²) < 4.78 is 14.0. The van der Waals surface area contributed by atoms with Crippen LogP contribution in [0.1, 0.15) is 17.3 Å². The lowest BCUT2D eigenvalue weighted by molar-refractivity contribution is 0.0674. The number of hydrogen-bond acceptors (Lipinski definition) is 3. The van der Waals surface area contributed by atoms with E-state index in [-0.39, 0.29) is 33.4 Å². The second-order valence-electron chi connectivity index (χ2n) is 5.72. The molecule has 1 aromatic carbocycles. The van der Waals surface area contributed by atoms with Gasteiger partial charge in [-0.2, -0.15) is 0 Å². The zero-order valence-electron chi connectivity index (χ0n) is 13.0. The Kier molecular flexibility index (Phi) is 4.92. The molecule has 1 fully saturated rings. The number of piperazine rings is 1. The van der Waals surface area contributed by atoms with Crippen molar-refractivity contribution in [1.29, 1.82) is 0 Å². The molecule has 7 heteroatoms. The molecule has 1 aromatic heterocycles. The monoisotopic (exact) mass is 367 g/mol. The van der Waals surface area contributed by atoms with E-state index in [1.807, 2.05) is 11.8 Å². The molecule has 126 valence electrons. The van der Waals surface area contributed by atoms with Crippen LogP contribution < -0.4 is 4.90 Å². The average Bonchev–Trinajstić information content (AvgIpc) is 2.55. The molecule has 24 heavy (non-hydrogen) atoms. The zero-order chi connectivity index (χ0) is 17.3. The molecule has 1 atom stereocenters. The van der Waals surface area contributed by atoms with E-state index in [1.54, 1.807) is 23.1 Å². The number of carbonyl (C=O) groups excluding carboxylic acids is 1. The molecule has 0 radical (unpaired) electrons. The molecule has 2 heterocycles. The fourth-order valence-electron chi connectivity index (χ4n) is 2.95. The molecule has 1 unspecified atom stereocenters. The normalized spacial score (nSPS) is 17.9. The van der Waals surface area contributed by atoms with Gasteiger partial charge in [-0.15, -0.1) is 0 Å². The van der Waals surface area contributed by atoms with E-state index in [4.69, 9.17) is 23.2 Å². The largest absolute Gasteiger partial charge is 0.365 e. The van der Waals surface area contributed by atoms with Crippen molar-refractivity contribution in [2.45, 2.75) is 13.0 Å². The van der Waals surface area contributed by atoms with Crippen LogP contribution in [0.2, 0.25) is 10.0 Å². The number of aromatic nitrogens is 1. The number of nitrogens with zero attached hydrogens (tertiary/aromatic N) is 3. The van der Waals surface area contributed by atoms with Crippen LogP contribution in [0.3, 0.4) is 0 Å². The minimum Gasteiger partial charge on any atom is -0.365 e. The van der Waals surface area contributed by atoms with Gasteiger partial charge in [0, 0.05) is 38.1 Å².